The zero-order valence-electron chi connectivity index (χ0n) is 23.1. The van der Waals surface area contributed by atoms with Gasteiger partial charge in [0.15, 0.2) is 0 Å². The van der Waals surface area contributed by atoms with Crippen LogP contribution in [0.5, 0.6) is 0 Å². The molecule has 6 nitrogen and oxygen atoms in total. The molecule has 0 aliphatic rings. The number of anilines is 1. The number of aliphatic carboxylic acids is 1. The van der Waals surface area contributed by atoms with Crippen molar-refractivity contribution in [2.24, 2.45) is 0 Å². The molecular weight excluding hydrogens is 716 g/mol. The number of alkyl halides is 3. The van der Waals surface area contributed by atoms with Gasteiger partial charge < -0.3 is 10.4 Å². The first kappa shape index (κ1) is 30.5. The third kappa shape index (κ3) is 6.22. The first-order valence-electron chi connectivity index (χ1n) is 13.6. The Bertz CT molecular complexity index is 2140. The average Bonchev–Trinajstić information content (AvgIpc) is 3.40. The van der Waals surface area contributed by atoms with Crippen LogP contribution >= 0.6 is 33.9 Å². The van der Waals surface area contributed by atoms with Gasteiger partial charge in [-0.25, -0.2) is 4.79 Å². The van der Waals surface area contributed by atoms with Crippen LogP contribution in [0.4, 0.5) is 18.9 Å². The summed E-state index contributed by atoms with van der Waals surface area (Å²) < 4.78 is 43.2. The van der Waals surface area contributed by atoms with Crippen LogP contribution in [0.1, 0.15) is 27.5 Å². The predicted octanol–water partition coefficient (Wildman–Crippen LogP) is 8.63. The van der Waals surface area contributed by atoms with E-state index in [1.54, 1.807) is 23.5 Å². The van der Waals surface area contributed by atoms with Gasteiger partial charge in [-0.15, -0.1) is 11.3 Å². The van der Waals surface area contributed by atoms with Crippen molar-refractivity contribution in [3.8, 4) is 11.1 Å². The molecular formula is C34H22F3IN2O4S. The highest BCUT2D eigenvalue weighted by atomic mass is 127. The number of hydrogen-bond acceptors (Lipinski definition) is 4. The molecule has 11 heteroatoms. The number of halogens is 4. The molecule has 4 aromatic carbocycles. The number of nitrogens with one attached hydrogen (secondary N) is 1. The van der Waals surface area contributed by atoms with Crippen molar-refractivity contribution in [3.63, 3.8) is 0 Å². The van der Waals surface area contributed by atoms with Crippen LogP contribution in [0.15, 0.2) is 108 Å². The van der Waals surface area contributed by atoms with E-state index in [1.807, 2.05) is 54.6 Å². The van der Waals surface area contributed by atoms with Crippen molar-refractivity contribution < 1.29 is 27.9 Å². The molecule has 0 aliphatic heterocycles. The molecule has 1 amide bonds. The van der Waals surface area contributed by atoms with E-state index >= 15 is 0 Å². The van der Waals surface area contributed by atoms with Gasteiger partial charge in [0.25, 0.3) is 11.5 Å². The first-order chi connectivity index (χ1) is 21.5. The number of hydrogen-bond donors (Lipinski definition) is 2. The summed E-state index contributed by atoms with van der Waals surface area (Å²) in [5.41, 5.74) is -0.0690. The standard InChI is InChI=1S/C34H22F3IN2O4S/c35-34(36,37)22-12-10-20(11-13-22)31(41)39-27-17-21(24-5-3-6-26-25-4-1-2-7-29(25)45-30(24)26)18-40(32(27)42)28(33(43)44)16-19-8-14-23(38)15-9-19/h1-15,17-18,28H,16H2,(H,39,41)(H,43,44). The Kier molecular flexibility index (Phi) is 8.23. The van der Waals surface area contributed by atoms with Gasteiger partial charge in [-0.05, 0) is 76.7 Å². The Morgan fingerprint density at radius 1 is 0.911 bits per heavy atom. The number of rotatable bonds is 7. The highest BCUT2D eigenvalue weighted by Crippen LogP contribution is 2.40. The number of thiophene rings is 1. The molecule has 1 atom stereocenters. The van der Waals surface area contributed by atoms with E-state index in [9.17, 15) is 32.7 Å². The Labute approximate surface area is 271 Å². The fourth-order valence-corrected chi connectivity index (χ4v) is 6.80. The summed E-state index contributed by atoms with van der Waals surface area (Å²) in [5.74, 6) is -2.05. The highest BCUT2D eigenvalue weighted by Gasteiger charge is 2.30. The number of pyridine rings is 1. The molecule has 2 N–H and O–H groups in total. The highest BCUT2D eigenvalue weighted by molar-refractivity contribution is 14.1. The summed E-state index contributed by atoms with van der Waals surface area (Å²) in [7, 11) is 0. The van der Waals surface area contributed by atoms with E-state index < -0.39 is 35.2 Å². The number of carboxylic acid groups (broad SMARTS) is 1. The van der Waals surface area contributed by atoms with Gasteiger partial charge in [0.05, 0.1) is 5.56 Å². The number of fused-ring (bicyclic) bond motifs is 3. The lowest BCUT2D eigenvalue weighted by molar-refractivity contribution is -0.141. The maximum Gasteiger partial charge on any atom is 0.416 e. The van der Waals surface area contributed by atoms with Crippen molar-refractivity contribution in [2.75, 3.05) is 5.32 Å². The number of carboxylic acids is 1. The van der Waals surface area contributed by atoms with Gasteiger partial charge in [-0.2, -0.15) is 13.2 Å². The third-order valence-electron chi connectivity index (χ3n) is 7.44. The van der Waals surface area contributed by atoms with Crippen LogP contribution in [0.3, 0.4) is 0 Å². The molecule has 0 bridgehead atoms. The minimum absolute atomic E-state index is 0.00497. The maximum absolute atomic E-state index is 13.8. The molecule has 0 saturated heterocycles. The number of aromatic nitrogens is 1. The number of carbonyl (C=O) groups is 2. The number of benzene rings is 4. The fraction of sp³-hybridized carbons (Fsp3) is 0.0882. The van der Waals surface area contributed by atoms with Crippen molar-refractivity contribution in [1.29, 1.82) is 0 Å². The Morgan fingerprint density at radius 3 is 2.29 bits per heavy atom. The van der Waals surface area contributed by atoms with E-state index in [-0.39, 0.29) is 17.7 Å². The first-order valence-corrected chi connectivity index (χ1v) is 15.5. The molecule has 0 fully saturated rings. The second-order valence-corrected chi connectivity index (χ2v) is 12.6. The predicted molar refractivity (Wildman–Crippen MR) is 178 cm³/mol. The molecule has 0 spiro atoms. The second-order valence-electron chi connectivity index (χ2n) is 10.3. The number of nitrogens with zero attached hydrogens (tertiary/aromatic N) is 1. The van der Waals surface area contributed by atoms with Crippen LogP contribution in [0, 0.1) is 3.57 Å². The van der Waals surface area contributed by atoms with Gasteiger partial charge in [0.1, 0.15) is 11.7 Å². The van der Waals surface area contributed by atoms with Crippen molar-refractivity contribution >= 4 is 71.7 Å². The van der Waals surface area contributed by atoms with Crippen molar-refractivity contribution in [3.05, 3.63) is 134 Å². The molecule has 6 aromatic rings. The smallest absolute Gasteiger partial charge is 0.416 e. The Balaban J connectivity index is 1.49. The molecule has 0 saturated carbocycles. The lowest BCUT2D eigenvalue weighted by atomic mass is 10.0. The fourth-order valence-electron chi connectivity index (χ4n) is 5.20. The van der Waals surface area contributed by atoms with Crippen LogP contribution < -0.4 is 10.9 Å². The Hall–Kier alpha value is -4.49. The molecule has 0 aliphatic carbocycles. The van der Waals surface area contributed by atoms with Gasteiger partial charge in [-0.3, -0.25) is 14.2 Å². The lowest BCUT2D eigenvalue weighted by Crippen LogP contribution is -2.33. The van der Waals surface area contributed by atoms with Gasteiger partial charge in [-0.1, -0.05) is 48.5 Å². The summed E-state index contributed by atoms with van der Waals surface area (Å²) in [6, 6.07) is 24.6. The molecule has 226 valence electrons. The third-order valence-corrected chi connectivity index (χ3v) is 9.38. The molecule has 0 radical (unpaired) electrons. The van der Waals surface area contributed by atoms with E-state index in [4.69, 9.17) is 0 Å². The summed E-state index contributed by atoms with van der Waals surface area (Å²) in [5, 5.41) is 14.9. The molecule has 6 rings (SSSR count). The van der Waals surface area contributed by atoms with E-state index in [0.29, 0.717) is 11.1 Å². The SMILES string of the molecule is O=C(Nc1cc(-c2cccc3c2sc2ccccc23)cn(C(Cc2ccc(I)cc2)C(=O)O)c1=O)c1ccc(C(F)(F)F)cc1. The van der Waals surface area contributed by atoms with Crippen LogP contribution in [-0.2, 0) is 17.4 Å². The minimum Gasteiger partial charge on any atom is -0.480 e. The lowest BCUT2D eigenvalue weighted by Gasteiger charge is -2.19. The molecule has 45 heavy (non-hydrogen) atoms. The van der Waals surface area contributed by atoms with Crippen LogP contribution in [-0.4, -0.2) is 21.6 Å². The average molecular weight is 739 g/mol. The van der Waals surface area contributed by atoms with E-state index in [0.717, 1.165) is 58.1 Å². The zero-order chi connectivity index (χ0) is 31.9. The van der Waals surface area contributed by atoms with Crippen molar-refractivity contribution in [2.45, 2.75) is 18.6 Å². The normalized spacial score (nSPS) is 12.4. The van der Waals surface area contributed by atoms with E-state index in [1.165, 1.54) is 12.3 Å². The minimum atomic E-state index is -4.58. The van der Waals surface area contributed by atoms with Gasteiger partial charge >= 0.3 is 12.1 Å². The second kappa shape index (κ2) is 12.1. The topological polar surface area (TPSA) is 88.4 Å². The van der Waals surface area contributed by atoms with Crippen molar-refractivity contribution in [1.82, 2.24) is 4.57 Å². The quantitative estimate of drug-likeness (QED) is 0.161. The van der Waals surface area contributed by atoms with Gasteiger partial charge in [0, 0.05) is 53.1 Å². The Morgan fingerprint density at radius 2 is 1.60 bits per heavy atom. The van der Waals surface area contributed by atoms with E-state index in [2.05, 4.69) is 27.9 Å². The summed E-state index contributed by atoms with van der Waals surface area (Å²) in [6.45, 7) is 0. The van der Waals surface area contributed by atoms with Crippen LogP contribution in [0.2, 0.25) is 0 Å². The zero-order valence-corrected chi connectivity index (χ0v) is 26.1. The monoisotopic (exact) mass is 738 g/mol. The van der Waals surface area contributed by atoms with Crippen LogP contribution in [0.25, 0.3) is 31.3 Å². The molecule has 2 aromatic heterocycles. The summed E-state index contributed by atoms with van der Waals surface area (Å²) in [4.78, 5) is 39.7. The number of amides is 1. The largest absolute Gasteiger partial charge is 0.480 e. The summed E-state index contributed by atoms with van der Waals surface area (Å²) >= 11 is 3.69. The summed E-state index contributed by atoms with van der Waals surface area (Å²) in [6.07, 6.45) is -3.09. The molecule has 1 unspecified atom stereocenters. The van der Waals surface area contributed by atoms with Gasteiger partial charge in [0.2, 0.25) is 0 Å². The number of carbonyl (C=O) groups excluding carboxylic acids is 1. The maximum atomic E-state index is 13.8. The molecule has 2 heterocycles.